The highest BCUT2D eigenvalue weighted by atomic mass is 35.5. The maximum Gasteiger partial charge on any atom is 0.418 e. The van der Waals surface area contributed by atoms with Crippen LogP contribution >= 0.6 is 34.5 Å². The van der Waals surface area contributed by atoms with Gasteiger partial charge in [-0.05, 0) is 71.8 Å². The molecular weight excluding hydrogens is 694 g/mol. The van der Waals surface area contributed by atoms with Gasteiger partial charge in [-0.2, -0.15) is 13.2 Å². The van der Waals surface area contributed by atoms with E-state index in [1.54, 1.807) is 71.6 Å². The lowest BCUT2D eigenvalue weighted by molar-refractivity contribution is -0.137. The first-order valence-electron chi connectivity index (χ1n) is 15.3. The summed E-state index contributed by atoms with van der Waals surface area (Å²) in [6.45, 7) is 1.68. The number of thiophene rings is 1. The number of para-hydroxylation sites is 1. The zero-order chi connectivity index (χ0) is 34.4. The fourth-order valence-corrected chi connectivity index (χ4v) is 7.87. The van der Waals surface area contributed by atoms with Crippen LogP contribution in [0.5, 0.6) is 0 Å². The average molecular weight is 721 g/mol. The van der Waals surface area contributed by atoms with E-state index in [1.807, 2.05) is 12.1 Å². The van der Waals surface area contributed by atoms with E-state index in [0.717, 1.165) is 16.5 Å². The van der Waals surface area contributed by atoms with Crippen molar-refractivity contribution in [2.45, 2.75) is 12.7 Å². The van der Waals surface area contributed by atoms with Crippen molar-refractivity contribution in [3.8, 4) is 10.4 Å². The van der Waals surface area contributed by atoms with Crippen molar-refractivity contribution in [1.82, 2.24) is 4.90 Å². The van der Waals surface area contributed by atoms with Gasteiger partial charge in [0.25, 0.3) is 11.8 Å². The molecule has 0 aliphatic carbocycles. The maximum atomic E-state index is 14.5. The third kappa shape index (κ3) is 6.25. The van der Waals surface area contributed by atoms with E-state index in [2.05, 4.69) is 4.90 Å². The molecule has 0 unspecified atom stereocenters. The molecule has 2 aliphatic heterocycles. The molecule has 1 aromatic heterocycles. The zero-order valence-electron chi connectivity index (χ0n) is 25.6. The van der Waals surface area contributed by atoms with E-state index < -0.39 is 29.3 Å². The lowest BCUT2D eigenvalue weighted by atomic mass is 9.97. The monoisotopic (exact) mass is 719 g/mol. The number of ketones is 1. The second-order valence-corrected chi connectivity index (χ2v) is 13.6. The molecule has 0 radical (unpaired) electrons. The van der Waals surface area contributed by atoms with Crippen molar-refractivity contribution in [2.75, 3.05) is 36.0 Å². The van der Waals surface area contributed by atoms with E-state index in [0.29, 0.717) is 52.2 Å². The highest BCUT2D eigenvalue weighted by Gasteiger charge is 2.41. The summed E-state index contributed by atoms with van der Waals surface area (Å²) in [7, 11) is 0. The summed E-state index contributed by atoms with van der Waals surface area (Å²) in [5, 5.41) is 1.15. The van der Waals surface area contributed by atoms with Crippen LogP contribution in [0.15, 0.2) is 97.1 Å². The molecule has 5 aromatic rings. The molecule has 0 saturated carbocycles. The largest absolute Gasteiger partial charge is 0.418 e. The second-order valence-electron chi connectivity index (χ2n) is 11.7. The molecule has 0 spiro atoms. The van der Waals surface area contributed by atoms with Gasteiger partial charge in [-0.15, -0.1) is 11.3 Å². The van der Waals surface area contributed by atoms with Gasteiger partial charge in [0.15, 0.2) is 5.78 Å². The Balaban J connectivity index is 1.32. The van der Waals surface area contributed by atoms with Crippen LogP contribution in [-0.2, 0) is 12.7 Å². The van der Waals surface area contributed by atoms with E-state index in [4.69, 9.17) is 23.2 Å². The van der Waals surface area contributed by atoms with E-state index >= 15 is 0 Å². The number of carbonyl (C=O) groups is 3. The molecule has 6 nitrogen and oxygen atoms in total. The number of halogens is 5. The Kier molecular flexibility index (Phi) is 8.83. The molecule has 1 saturated heterocycles. The fraction of sp³-hybridized carbons (Fsp3) is 0.162. The summed E-state index contributed by atoms with van der Waals surface area (Å²) in [6.07, 6.45) is -4.49. The van der Waals surface area contributed by atoms with Crippen LogP contribution in [0.3, 0.4) is 0 Å². The minimum Gasteiger partial charge on any atom is -0.368 e. The SMILES string of the molecule is O=C(c1ccc(Cl)cc1)c1c(N2C(=O)c3ccccc3C2=O)sc(-c2ccc(Cl)cc2)c1CN1CCN(c2ccccc2C(F)(F)F)CC1. The van der Waals surface area contributed by atoms with Gasteiger partial charge >= 0.3 is 6.18 Å². The molecule has 7 rings (SSSR count). The summed E-state index contributed by atoms with van der Waals surface area (Å²) in [6, 6.07) is 25.5. The number of amides is 2. The number of hydrogen-bond acceptors (Lipinski definition) is 6. The minimum atomic E-state index is -4.49. The van der Waals surface area contributed by atoms with Gasteiger partial charge in [0, 0.05) is 58.9 Å². The Morgan fingerprint density at radius 3 is 1.88 bits per heavy atom. The lowest BCUT2D eigenvalue weighted by Gasteiger charge is -2.37. The number of benzene rings is 4. The molecule has 1 fully saturated rings. The molecule has 248 valence electrons. The number of piperazine rings is 1. The molecule has 0 N–H and O–H groups in total. The van der Waals surface area contributed by atoms with Crippen LogP contribution < -0.4 is 9.80 Å². The second kappa shape index (κ2) is 13.1. The summed E-state index contributed by atoms with van der Waals surface area (Å²) in [4.78, 5) is 47.6. The summed E-state index contributed by atoms with van der Waals surface area (Å²) >= 11 is 13.5. The lowest BCUT2D eigenvalue weighted by Crippen LogP contribution is -2.46. The number of imide groups is 1. The Morgan fingerprint density at radius 1 is 0.735 bits per heavy atom. The molecule has 2 amide bonds. The number of rotatable bonds is 7. The summed E-state index contributed by atoms with van der Waals surface area (Å²) < 4.78 is 41.5. The molecule has 0 atom stereocenters. The van der Waals surface area contributed by atoms with E-state index in [9.17, 15) is 27.6 Å². The predicted octanol–water partition coefficient (Wildman–Crippen LogP) is 9.09. The third-order valence-electron chi connectivity index (χ3n) is 8.73. The van der Waals surface area contributed by atoms with Crippen LogP contribution in [0.2, 0.25) is 10.0 Å². The van der Waals surface area contributed by atoms with Crippen LogP contribution in [-0.4, -0.2) is 48.7 Å². The Labute approximate surface area is 293 Å². The summed E-state index contributed by atoms with van der Waals surface area (Å²) in [5.74, 6) is -1.45. The highest BCUT2D eigenvalue weighted by Crippen LogP contribution is 2.46. The van der Waals surface area contributed by atoms with Gasteiger partial charge in [0.2, 0.25) is 0 Å². The van der Waals surface area contributed by atoms with Crippen molar-refractivity contribution >= 4 is 62.8 Å². The molecule has 3 heterocycles. The number of carbonyl (C=O) groups excluding carboxylic acids is 3. The van der Waals surface area contributed by atoms with Gasteiger partial charge in [0.05, 0.1) is 22.3 Å². The molecule has 4 aromatic carbocycles. The van der Waals surface area contributed by atoms with Gasteiger partial charge in [-0.3, -0.25) is 19.3 Å². The van der Waals surface area contributed by atoms with Crippen LogP contribution in [0, 0.1) is 0 Å². The van der Waals surface area contributed by atoms with Crippen molar-refractivity contribution in [1.29, 1.82) is 0 Å². The minimum absolute atomic E-state index is 0.124. The van der Waals surface area contributed by atoms with Crippen LogP contribution in [0.4, 0.5) is 23.9 Å². The topological polar surface area (TPSA) is 60.9 Å². The van der Waals surface area contributed by atoms with Crippen molar-refractivity contribution in [2.24, 2.45) is 0 Å². The smallest absolute Gasteiger partial charge is 0.368 e. The number of nitrogens with zero attached hydrogens (tertiary/aromatic N) is 3. The molecule has 12 heteroatoms. The van der Waals surface area contributed by atoms with Crippen LogP contribution in [0.1, 0.15) is 47.8 Å². The van der Waals surface area contributed by atoms with E-state index in [1.165, 1.54) is 23.5 Å². The zero-order valence-corrected chi connectivity index (χ0v) is 28.0. The highest BCUT2D eigenvalue weighted by molar-refractivity contribution is 7.20. The third-order valence-corrected chi connectivity index (χ3v) is 10.5. The first-order chi connectivity index (χ1) is 23.5. The fourth-order valence-electron chi connectivity index (χ4n) is 6.31. The molecule has 49 heavy (non-hydrogen) atoms. The van der Waals surface area contributed by atoms with Gasteiger partial charge in [-0.25, -0.2) is 4.90 Å². The van der Waals surface area contributed by atoms with Crippen molar-refractivity contribution in [3.05, 3.63) is 140 Å². The first-order valence-corrected chi connectivity index (χ1v) is 16.9. The Morgan fingerprint density at radius 2 is 1.29 bits per heavy atom. The predicted molar refractivity (Wildman–Crippen MR) is 186 cm³/mol. The normalized spacial score (nSPS) is 15.2. The van der Waals surface area contributed by atoms with Crippen molar-refractivity contribution < 1.29 is 27.6 Å². The first kappa shape index (κ1) is 33.0. The van der Waals surface area contributed by atoms with Gasteiger partial charge in [-0.1, -0.05) is 59.6 Å². The molecule has 0 bridgehead atoms. The Bertz CT molecular complexity index is 2060. The van der Waals surface area contributed by atoms with Crippen LogP contribution in [0.25, 0.3) is 10.4 Å². The number of hydrogen-bond donors (Lipinski definition) is 0. The number of fused-ring (bicyclic) bond motifs is 1. The van der Waals surface area contributed by atoms with Crippen molar-refractivity contribution in [3.63, 3.8) is 0 Å². The van der Waals surface area contributed by atoms with Gasteiger partial charge in [0.1, 0.15) is 5.00 Å². The van der Waals surface area contributed by atoms with E-state index in [-0.39, 0.29) is 33.9 Å². The van der Waals surface area contributed by atoms with Gasteiger partial charge < -0.3 is 4.90 Å². The maximum absolute atomic E-state index is 14.5. The Hall–Kier alpha value is -4.48. The average Bonchev–Trinajstić information content (AvgIpc) is 3.58. The summed E-state index contributed by atoms with van der Waals surface area (Å²) in [5.41, 5.74) is 1.78. The quantitative estimate of drug-likeness (QED) is 0.124. The molecular formula is C37H26Cl2F3N3O3S. The number of alkyl halides is 3. The molecule has 2 aliphatic rings. The number of anilines is 2. The standard InChI is InChI=1S/C37H26Cl2F3N3O3S/c38-24-13-9-22(10-14-24)32(46)31-28(21-43-17-19-44(20-18-43)30-8-4-3-7-29(30)37(40,41)42)33(23-11-15-25(39)16-12-23)49-36(31)45-34(47)26-5-1-2-6-27(26)35(45)48/h1-16H,17-21H2.